The SMILES string of the molecule is c1ccc(CNc2cc(NCCC3CNCCO3)nn3c(C4CC4)cnc23)cc1. The zero-order chi connectivity index (χ0) is 19.5. The lowest BCUT2D eigenvalue weighted by Gasteiger charge is -2.23. The summed E-state index contributed by atoms with van der Waals surface area (Å²) in [4.78, 5) is 4.67. The highest BCUT2D eigenvalue weighted by molar-refractivity contribution is 5.71. The van der Waals surface area contributed by atoms with Crippen molar-refractivity contribution in [2.24, 2.45) is 0 Å². The largest absolute Gasteiger partial charge is 0.378 e. The van der Waals surface area contributed by atoms with Crippen molar-refractivity contribution in [1.29, 1.82) is 0 Å². The normalized spacial score (nSPS) is 19.4. The molecular weight excluding hydrogens is 364 g/mol. The minimum absolute atomic E-state index is 0.269. The van der Waals surface area contributed by atoms with Crippen LogP contribution in [0.4, 0.5) is 11.5 Å². The second-order valence-electron chi connectivity index (χ2n) is 7.89. The van der Waals surface area contributed by atoms with Crippen LogP contribution in [0, 0.1) is 0 Å². The highest BCUT2D eigenvalue weighted by Crippen LogP contribution is 2.40. The molecule has 7 heteroatoms. The van der Waals surface area contributed by atoms with Crippen molar-refractivity contribution in [3.05, 3.63) is 53.9 Å². The van der Waals surface area contributed by atoms with Crippen molar-refractivity contribution in [3.8, 4) is 0 Å². The predicted octanol–water partition coefficient (Wildman–Crippen LogP) is 3.01. The summed E-state index contributed by atoms with van der Waals surface area (Å²) in [5, 5.41) is 15.3. The van der Waals surface area contributed by atoms with Crippen LogP contribution in [-0.2, 0) is 11.3 Å². The van der Waals surface area contributed by atoms with Crippen LogP contribution in [0.15, 0.2) is 42.6 Å². The molecule has 1 aromatic carbocycles. The summed E-state index contributed by atoms with van der Waals surface area (Å²) in [6.07, 6.45) is 5.67. The molecule has 0 bridgehead atoms. The van der Waals surface area contributed by atoms with Gasteiger partial charge in [-0.1, -0.05) is 30.3 Å². The summed E-state index contributed by atoms with van der Waals surface area (Å²) in [7, 11) is 0. The van der Waals surface area contributed by atoms with Crippen molar-refractivity contribution < 1.29 is 4.74 Å². The fraction of sp³-hybridized carbons (Fsp3) is 0.455. The summed E-state index contributed by atoms with van der Waals surface area (Å²) < 4.78 is 7.81. The molecule has 29 heavy (non-hydrogen) atoms. The number of nitrogens with zero attached hydrogens (tertiary/aromatic N) is 3. The first kappa shape index (κ1) is 18.4. The quantitative estimate of drug-likeness (QED) is 0.547. The molecule has 1 atom stereocenters. The molecule has 5 rings (SSSR count). The predicted molar refractivity (Wildman–Crippen MR) is 114 cm³/mol. The summed E-state index contributed by atoms with van der Waals surface area (Å²) >= 11 is 0. The lowest BCUT2D eigenvalue weighted by Crippen LogP contribution is -2.39. The molecule has 0 amide bonds. The second-order valence-corrected chi connectivity index (χ2v) is 7.89. The van der Waals surface area contributed by atoms with Crippen molar-refractivity contribution >= 4 is 17.2 Å². The molecule has 7 nitrogen and oxygen atoms in total. The number of anilines is 2. The average molecular weight is 393 g/mol. The van der Waals surface area contributed by atoms with E-state index >= 15 is 0 Å². The van der Waals surface area contributed by atoms with Gasteiger partial charge in [-0.15, -0.1) is 5.10 Å². The molecule has 2 aromatic heterocycles. The zero-order valence-corrected chi connectivity index (χ0v) is 16.6. The Bertz CT molecular complexity index is 947. The molecule has 3 heterocycles. The van der Waals surface area contributed by atoms with Gasteiger partial charge in [0.1, 0.15) is 5.82 Å². The smallest absolute Gasteiger partial charge is 0.177 e. The number of hydrogen-bond donors (Lipinski definition) is 3. The van der Waals surface area contributed by atoms with Crippen LogP contribution in [0.3, 0.4) is 0 Å². The van der Waals surface area contributed by atoms with Gasteiger partial charge < -0.3 is 20.7 Å². The first-order valence-electron chi connectivity index (χ1n) is 10.6. The molecule has 1 aliphatic carbocycles. The van der Waals surface area contributed by atoms with Gasteiger partial charge in [0.15, 0.2) is 5.65 Å². The first-order chi connectivity index (χ1) is 14.4. The van der Waals surface area contributed by atoms with Gasteiger partial charge in [-0.25, -0.2) is 9.50 Å². The number of ether oxygens (including phenoxy) is 1. The van der Waals surface area contributed by atoms with Crippen molar-refractivity contribution in [3.63, 3.8) is 0 Å². The highest BCUT2D eigenvalue weighted by Gasteiger charge is 2.28. The first-order valence-corrected chi connectivity index (χ1v) is 10.6. The lowest BCUT2D eigenvalue weighted by atomic mass is 10.2. The Morgan fingerprint density at radius 3 is 2.86 bits per heavy atom. The second kappa shape index (κ2) is 8.39. The molecule has 1 aliphatic heterocycles. The number of aromatic nitrogens is 3. The summed E-state index contributed by atoms with van der Waals surface area (Å²) in [5.74, 6) is 1.47. The van der Waals surface area contributed by atoms with Gasteiger partial charge in [0.2, 0.25) is 0 Å². The standard InChI is InChI=1S/C22H28N6O/c1-2-4-16(5-3-1)13-25-19-12-21(24-9-8-18-14-23-10-11-29-18)27-28-20(17-6-7-17)15-26-22(19)28/h1-5,12,15,17-18,23,25H,6-11,13-14H2,(H,24,27). The van der Waals surface area contributed by atoms with E-state index in [2.05, 4.69) is 51.3 Å². The molecule has 3 aromatic rings. The molecule has 0 radical (unpaired) electrons. The Kier molecular flexibility index (Phi) is 5.32. The lowest BCUT2D eigenvalue weighted by molar-refractivity contribution is 0.0258. The van der Waals surface area contributed by atoms with Crippen LogP contribution in [0.25, 0.3) is 5.65 Å². The molecule has 2 aliphatic rings. The van der Waals surface area contributed by atoms with E-state index in [-0.39, 0.29) is 6.10 Å². The maximum atomic E-state index is 5.79. The summed E-state index contributed by atoms with van der Waals surface area (Å²) in [6, 6.07) is 12.5. The van der Waals surface area contributed by atoms with Crippen molar-refractivity contribution in [2.75, 3.05) is 36.9 Å². The highest BCUT2D eigenvalue weighted by atomic mass is 16.5. The molecule has 1 unspecified atom stereocenters. The number of nitrogens with one attached hydrogen (secondary N) is 3. The van der Waals surface area contributed by atoms with Crippen LogP contribution in [0.2, 0.25) is 0 Å². The minimum atomic E-state index is 0.269. The van der Waals surface area contributed by atoms with Crippen LogP contribution < -0.4 is 16.0 Å². The number of imidazole rings is 1. The van der Waals surface area contributed by atoms with E-state index in [1.54, 1.807) is 0 Å². The Hall–Kier alpha value is -2.64. The Balaban J connectivity index is 1.34. The van der Waals surface area contributed by atoms with Crippen LogP contribution in [0.5, 0.6) is 0 Å². The van der Waals surface area contributed by atoms with E-state index in [0.717, 1.165) is 56.4 Å². The summed E-state index contributed by atoms with van der Waals surface area (Å²) in [6.45, 7) is 4.25. The van der Waals surface area contributed by atoms with E-state index < -0.39 is 0 Å². The monoisotopic (exact) mass is 392 g/mol. The molecule has 3 N–H and O–H groups in total. The Morgan fingerprint density at radius 2 is 2.07 bits per heavy atom. The minimum Gasteiger partial charge on any atom is -0.378 e. The third-order valence-corrected chi connectivity index (χ3v) is 5.59. The maximum absolute atomic E-state index is 5.79. The maximum Gasteiger partial charge on any atom is 0.177 e. The van der Waals surface area contributed by atoms with Crippen molar-refractivity contribution in [1.82, 2.24) is 19.9 Å². The number of morpholine rings is 1. The number of rotatable bonds is 8. The van der Waals surface area contributed by atoms with Gasteiger partial charge in [0.05, 0.1) is 30.3 Å². The molecular formula is C22H28N6O. The molecule has 1 saturated heterocycles. The summed E-state index contributed by atoms with van der Waals surface area (Å²) in [5.41, 5.74) is 4.36. The number of benzene rings is 1. The average Bonchev–Trinajstić information content (AvgIpc) is 3.52. The fourth-order valence-electron chi connectivity index (χ4n) is 3.82. The van der Waals surface area contributed by atoms with Gasteiger partial charge in [-0.2, -0.15) is 0 Å². The van der Waals surface area contributed by atoms with E-state index in [9.17, 15) is 0 Å². The molecule has 152 valence electrons. The Labute approximate surface area is 170 Å². The fourth-order valence-corrected chi connectivity index (χ4v) is 3.82. The third-order valence-electron chi connectivity index (χ3n) is 5.59. The zero-order valence-electron chi connectivity index (χ0n) is 16.6. The molecule has 0 spiro atoms. The van der Waals surface area contributed by atoms with E-state index in [1.807, 2.05) is 16.8 Å². The van der Waals surface area contributed by atoms with Crippen LogP contribution in [-0.4, -0.2) is 46.9 Å². The van der Waals surface area contributed by atoms with E-state index in [4.69, 9.17) is 9.84 Å². The van der Waals surface area contributed by atoms with Gasteiger partial charge >= 0.3 is 0 Å². The van der Waals surface area contributed by atoms with E-state index in [0.29, 0.717) is 5.92 Å². The van der Waals surface area contributed by atoms with Crippen LogP contribution >= 0.6 is 0 Å². The van der Waals surface area contributed by atoms with Gasteiger partial charge in [-0.05, 0) is 24.8 Å². The number of fused-ring (bicyclic) bond motifs is 1. The molecule has 1 saturated carbocycles. The van der Waals surface area contributed by atoms with Gasteiger partial charge in [0.25, 0.3) is 0 Å². The van der Waals surface area contributed by atoms with Crippen molar-refractivity contribution in [2.45, 2.75) is 37.8 Å². The number of hydrogen-bond acceptors (Lipinski definition) is 6. The third kappa shape index (κ3) is 4.36. The van der Waals surface area contributed by atoms with Gasteiger partial charge in [0, 0.05) is 38.2 Å². The Morgan fingerprint density at radius 1 is 1.17 bits per heavy atom. The topological polar surface area (TPSA) is 75.5 Å². The van der Waals surface area contributed by atoms with Crippen LogP contribution in [0.1, 0.15) is 36.4 Å². The van der Waals surface area contributed by atoms with Gasteiger partial charge in [-0.3, -0.25) is 0 Å². The van der Waals surface area contributed by atoms with E-state index in [1.165, 1.54) is 24.1 Å². The molecule has 2 fully saturated rings.